The molecule has 0 atom stereocenters. The van der Waals surface area contributed by atoms with Crippen molar-refractivity contribution in [3.63, 3.8) is 0 Å². The lowest BCUT2D eigenvalue weighted by Crippen LogP contribution is -2.25. The van der Waals surface area contributed by atoms with E-state index in [1.807, 2.05) is 12.1 Å². The minimum Gasteiger partial charge on any atom is -0.385 e. The first-order valence-corrected chi connectivity index (χ1v) is 7.32. The van der Waals surface area contributed by atoms with Gasteiger partial charge in [-0.1, -0.05) is 18.2 Å². The van der Waals surface area contributed by atoms with Crippen LogP contribution in [0, 0.1) is 0 Å². The van der Waals surface area contributed by atoms with Crippen molar-refractivity contribution in [3.8, 4) is 0 Å². The van der Waals surface area contributed by atoms with Gasteiger partial charge in [0.1, 0.15) is 5.84 Å². The molecular weight excluding hydrogens is 252 g/mol. The molecule has 1 heterocycles. The number of sulfonamides is 1. The van der Waals surface area contributed by atoms with Gasteiger partial charge in [0, 0.05) is 19.3 Å². The molecule has 0 fully saturated rings. The summed E-state index contributed by atoms with van der Waals surface area (Å²) in [5, 5.41) is 0. The Morgan fingerprint density at radius 2 is 2.22 bits per heavy atom. The van der Waals surface area contributed by atoms with E-state index in [2.05, 4.69) is 4.40 Å². The van der Waals surface area contributed by atoms with Crippen molar-refractivity contribution in [2.75, 3.05) is 13.7 Å². The summed E-state index contributed by atoms with van der Waals surface area (Å²) in [5.74, 6) is 0.0329. The van der Waals surface area contributed by atoms with Crippen molar-refractivity contribution in [1.82, 2.24) is 0 Å². The zero-order valence-electron chi connectivity index (χ0n) is 10.2. The Morgan fingerprint density at radius 1 is 1.44 bits per heavy atom. The van der Waals surface area contributed by atoms with Gasteiger partial charge < -0.3 is 10.5 Å². The van der Waals surface area contributed by atoms with E-state index in [4.69, 9.17) is 10.5 Å². The summed E-state index contributed by atoms with van der Waals surface area (Å²) in [7, 11) is -1.79. The molecule has 1 aromatic rings. The molecule has 0 unspecified atom stereocenters. The Kier molecular flexibility index (Phi) is 3.68. The second-order valence-electron chi connectivity index (χ2n) is 4.25. The van der Waals surface area contributed by atoms with E-state index >= 15 is 0 Å². The highest BCUT2D eigenvalue weighted by atomic mass is 32.2. The highest BCUT2D eigenvalue weighted by Crippen LogP contribution is 2.23. The summed E-state index contributed by atoms with van der Waals surface area (Å²) in [6, 6.07) is 5.60. The van der Waals surface area contributed by atoms with Crippen LogP contribution in [-0.2, 0) is 26.9 Å². The zero-order valence-corrected chi connectivity index (χ0v) is 11.0. The van der Waals surface area contributed by atoms with Gasteiger partial charge in [-0.05, 0) is 24.0 Å². The number of hydrogen-bond acceptors (Lipinski definition) is 4. The Labute approximate surface area is 107 Å². The van der Waals surface area contributed by atoms with Crippen molar-refractivity contribution in [2.24, 2.45) is 10.1 Å². The minimum absolute atomic E-state index is 0.0683. The Hall–Kier alpha value is -1.40. The summed E-state index contributed by atoms with van der Waals surface area (Å²) < 4.78 is 31.6. The second-order valence-corrected chi connectivity index (χ2v) is 5.89. The second kappa shape index (κ2) is 5.07. The van der Waals surface area contributed by atoms with Crippen LogP contribution < -0.4 is 5.73 Å². The normalized spacial score (nSPS) is 17.1. The average molecular weight is 268 g/mol. The SMILES string of the molecule is COCCCc1cccc2c1C(N)=NS(=O)(=O)C2. The van der Waals surface area contributed by atoms with Crippen molar-refractivity contribution < 1.29 is 13.2 Å². The first-order valence-electron chi connectivity index (χ1n) is 5.71. The van der Waals surface area contributed by atoms with Crippen LogP contribution in [0.5, 0.6) is 0 Å². The minimum atomic E-state index is -3.45. The molecule has 2 rings (SSSR count). The maximum Gasteiger partial charge on any atom is 0.259 e. The number of fused-ring (bicyclic) bond motifs is 1. The largest absolute Gasteiger partial charge is 0.385 e. The smallest absolute Gasteiger partial charge is 0.259 e. The standard InChI is InChI=1S/C12H16N2O3S/c1-17-7-3-6-9-4-2-5-10-8-18(15,16)14-12(13)11(9)10/h2,4-5H,3,6-8H2,1H3,(H2,13,14). The number of nitrogens with two attached hydrogens (primary N) is 1. The lowest BCUT2D eigenvalue weighted by molar-refractivity contribution is 0.195. The third-order valence-electron chi connectivity index (χ3n) is 2.86. The molecule has 0 aliphatic carbocycles. The van der Waals surface area contributed by atoms with Gasteiger partial charge in [-0.25, -0.2) is 8.42 Å². The molecule has 1 aromatic carbocycles. The van der Waals surface area contributed by atoms with Crippen LogP contribution in [0.25, 0.3) is 0 Å². The molecule has 0 aromatic heterocycles. The van der Waals surface area contributed by atoms with Crippen LogP contribution in [0.3, 0.4) is 0 Å². The fourth-order valence-corrected chi connectivity index (χ4v) is 3.23. The molecule has 18 heavy (non-hydrogen) atoms. The van der Waals surface area contributed by atoms with E-state index in [9.17, 15) is 8.42 Å². The summed E-state index contributed by atoms with van der Waals surface area (Å²) in [6.45, 7) is 0.666. The molecule has 0 saturated carbocycles. The predicted molar refractivity (Wildman–Crippen MR) is 70.0 cm³/mol. The number of aryl methyl sites for hydroxylation is 1. The molecule has 1 aliphatic heterocycles. The van der Waals surface area contributed by atoms with E-state index in [1.54, 1.807) is 13.2 Å². The Bertz CT molecular complexity index is 579. The fraction of sp³-hybridized carbons (Fsp3) is 0.417. The molecule has 1 aliphatic rings. The van der Waals surface area contributed by atoms with Gasteiger partial charge in [0.15, 0.2) is 0 Å². The van der Waals surface area contributed by atoms with Crippen molar-refractivity contribution in [2.45, 2.75) is 18.6 Å². The lowest BCUT2D eigenvalue weighted by atomic mass is 9.97. The monoisotopic (exact) mass is 268 g/mol. The quantitative estimate of drug-likeness (QED) is 0.819. The molecule has 0 saturated heterocycles. The molecule has 5 nitrogen and oxygen atoms in total. The molecular formula is C12H16N2O3S. The first-order chi connectivity index (χ1) is 8.53. The van der Waals surface area contributed by atoms with E-state index in [1.165, 1.54) is 0 Å². The summed E-state index contributed by atoms with van der Waals surface area (Å²) >= 11 is 0. The van der Waals surface area contributed by atoms with Crippen molar-refractivity contribution >= 4 is 15.9 Å². The van der Waals surface area contributed by atoms with Gasteiger partial charge in [-0.3, -0.25) is 0 Å². The number of benzene rings is 1. The van der Waals surface area contributed by atoms with E-state index in [-0.39, 0.29) is 11.6 Å². The van der Waals surface area contributed by atoms with Crippen LogP contribution in [0.2, 0.25) is 0 Å². The number of amidine groups is 1. The van der Waals surface area contributed by atoms with Crippen LogP contribution in [-0.4, -0.2) is 28.0 Å². The van der Waals surface area contributed by atoms with Gasteiger partial charge in [-0.15, -0.1) is 4.40 Å². The van der Waals surface area contributed by atoms with E-state index < -0.39 is 10.0 Å². The van der Waals surface area contributed by atoms with Crippen molar-refractivity contribution in [3.05, 3.63) is 34.9 Å². The van der Waals surface area contributed by atoms with Gasteiger partial charge in [0.05, 0.1) is 5.75 Å². The molecule has 0 bridgehead atoms. The lowest BCUT2D eigenvalue weighted by Gasteiger charge is -2.17. The molecule has 0 spiro atoms. The Morgan fingerprint density at radius 3 is 2.94 bits per heavy atom. The van der Waals surface area contributed by atoms with Crippen molar-refractivity contribution in [1.29, 1.82) is 0 Å². The topological polar surface area (TPSA) is 81.8 Å². The highest BCUT2D eigenvalue weighted by molar-refractivity contribution is 7.89. The summed E-state index contributed by atoms with van der Waals surface area (Å²) in [4.78, 5) is 0. The third-order valence-corrected chi connectivity index (χ3v) is 4.01. The summed E-state index contributed by atoms with van der Waals surface area (Å²) in [6.07, 6.45) is 1.67. The number of nitrogens with zero attached hydrogens (tertiary/aromatic N) is 1. The third kappa shape index (κ3) is 2.70. The molecule has 2 N–H and O–H groups in total. The molecule has 0 radical (unpaired) electrons. The van der Waals surface area contributed by atoms with Crippen LogP contribution in [0.15, 0.2) is 22.6 Å². The van der Waals surface area contributed by atoms with Crippen LogP contribution in [0.4, 0.5) is 0 Å². The van der Waals surface area contributed by atoms with E-state index in [0.29, 0.717) is 6.61 Å². The molecule has 98 valence electrons. The Balaban J connectivity index is 2.36. The van der Waals surface area contributed by atoms with Crippen LogP contribution >= 0.6 is 0 Å². The molecule has 6 heteroatoms. The highest BCUT2D eigenvalue weighted by Gasteiger charge is 2.23. The molecule has 0 amide bonds. The van der Waals surface area contributed by atoms with Gasteiger partial charge in [0.25, 0.3) is 10.0 Å². The number of ether oxygens (including phenoxy) is 1. The first kappa shape index (κ1) is 13.0. The van der Waals surface area contributed by atoms with Gasteiger partial charge in [0.2, 0.25) is 0 Å². The zero-order chi connectivity index (χ0) is 13.2. The predicted octanol–water partition coefficient (Wildman–Crippen LogP) is 0.814. The average Bonchev–Trinajstić information content (AvgIpc) is 2.27. The number of methoxy groups -OCH3 is 1. The van der Waals surface area contributed by atoms with Gasteiger partial charge >= 0.3 is 0 Å². The summed E-state index contributed by atoms with van der Waals surface area (Å²) in [5.41, 5.74) is 8.31. The van der Waals surface area contributed by atoms with Gasteiger partial charge in [-0.2, -0.15) is 0 Å². The van der Waals surface area contributed by atoms with E-state index in [0.717, 1.165) is 29.5 Å². The fourth-order valence-electron chi connectivity index (χ4n) is 2.14. The van der Waals surface area contributed by atoms with Crippen LogP contribution in [0.1, 0.15) is 23.1 Å². The number of rotatable bonds is 4. The number of hydrogen-bond donors (Lipinski definition) is 1. The maximum absolute atomic E-state index is 11.5. The maximum atomic E-state index is 11.5.